The van der Waals surface area contributed by atoms with Crippen LogP contribution in [0.15, 0.2) is 0 Å². The Morgan fingerprint density at radius 1 is 1.00 bits per heavy atom. The van der Waals surface area contributed by atoms with E-state index in [1.807, 2.05) is 0 Å². The summed E-state index contributed by atoms with van der Waals surface area (Å²) in [4.78, 5) is 50.3. The molecule has 1 aliphatic rings. The van der Waals surface area contributed by atoms with Gasteiger partial charge < -0.3 is 14.7 Å². The molecule has 0 aromatic rings. The molecular formula is C16H25NO7. The zero-order valence-corrected chi connectivity index (χ0v) is 14.6. The molecular weight excluding hydrogens is 318 g/mol. The van der Waals surface area contributed by atoms with Crippen LogP contribution in [0.2, 0.25) is 0 Å². The zero-order chi connectivity index (χ0) is 18.5. The fourth-order valence-electron chi connectivity index (χ4n) is 2.30. The van der Waals surface area contributed by atoms with E-state index in [9.17, 15) is 19.2 Å². The number of rotatable bonds is 9. The van der Waals surface area contributed by atoms with Gasteiger partial charge in [0, 0.05) is 12.8 Å². The molecule has 1 fully saturated rings. The molecule has 1 saturated heterocycles. The van der Waals surface area contributed by atoms with Gasteiger partial charge in [0.15, 0.2) is 0 Å². The predicted octanol–water partition coefficient (Wildman–Crippen LogP) is 1.53. The maximum Gasteiger partial charge on any atom is 0.333 e. The van der Waals surface area contributed by atoms with E-state index < -0.39 is 34.6 Å². The van der Waals surface area contributed by atoms with E-state index in [4.69, 9.17) is 14.7 Å². The predicted molar refractivity (Wildman–Crippen MR) is 82.4 cm³/mol. The number of carboxylic acids is 1. The highest BCUT2D eigenvalue weighted by Crippen LogP contribution is 2.26. The second kappa shape index (κ2) is 7.74. The molecule has 8 nitrogen and oxygen atoms in total. The molecule has 0 radical (unpaired) electrons. The number of hydroxylamine groups is 2. The van der Waals surface area contributed by atoms with Crippen LogP contribution in [0.5, 0.6) is 0 Å². The van der Waals surface area contributed by atoms with Gasteiger partial charge in [0.05, 0.1) is 26.1 Å². The third kappa shape index (κ3) is 6.66. The van der Waals surface area contributed by atoms with Crippen molar-refractivity contribution in [2.75, 3.05) is 13.2 Å². The topological polar surface area (TPSA) is 110 Å². The average Bonchev–Trinajstić information content (AvgIpc) is 2.67. The molecule has 0 aromatic carbocycles. The van der Waals surface area contributed by atoms with Crippen molar-refractivity contribution in [2.24, 2.45) is 10.8 Å². The number of amides is 2. The Morgan fingerprint density at radius 2 is 1.46 bits per heavy atom. The second-order valence-electron chi connectivity index (χ2n) is 7.61. The summed E-state index contributed by atoms with van der Waals surface area (Å²) in [5.41, 5.74) is -1.10. The van der Waals surface area contributed by atoms with Crippen molar-refractivity contribution in [2.45, 2.75) is 53.4 Å². The van der Waals surface area contributed by atoms with Crippen molar-refractivity contribution in [3.63, 3.8) is 0 Å². The molecule has 1 aliphatic heterocycles. The number of aliphatic carboxylic acids is 1. The van der Waals surface area contributed by atoms with E-state index in [0.717, 1.165) is 0 Å². The number of carbonyl (C=O) groups is 4. The molecule has 0 unspecified atom stereocenters. The van der Waals surface area contributed by atoms with Gasteiger partial charge in [-0.05, 0) is 10.8 Å². The molecule has 1 N–H and O–H groups in total. The van der Waals surface area contributed by atoms with Crippen LogP contribution in [0.4, 0.5) is 0 Å². The normalized spacial score (nSPS) is 15.8. The van der Waals surface area contributed by atoms with Gasteiger partial charge in [-0.2, -0.15) is 0 Å². The first-order valence-corrected chi connectivity index (χ1v) is 7.78. The fourth-order valence-corrected chi connectivity index (χ4v) is 2.30. The van der Waals surface area contributed by atoms with Crippen LogP contribution >= 0.6 is 0 Å². The number of imide groups is 1. The molecule has 1 heterocycles. The lowest BCUT2D eigenvalue weighted by molar-refractivity contribution is -0.199. The third-order valence-corrected chi connectivity index (χ3v) is 3.44. The van der Waals surface area contributed by atoms with E-state index in [0.29, 0.717) is 5.06 Å². The molecule has 0 spiro atoms. The summed E-state index contributed by atoms with van der Waals surface area (Å²) in [7, 11) is 0. The second-order valence-corrected chi connectivity index (χ2v) is 7.61. The Hall–Kier alpha value is -1.96. The molecule has 8 heteroatoms. The van der Waals surface area contributed by atoms with Crippen molar-refractivity contribution in [1.82, 2.24) is 5.06 Å². The standard InChI is InChI=1S/C16H25NO7/c1-15(2,7-13(20)21)9-23-10-16(3,4)8-14(22)24-17-11(18)5-6-12(17)19/h5-10H2,1-4H3,(H,20,21). The number of nitrogens with zero attached hydrogens (tertiary/aromatic N) is 1. The number of ether oxygens (including phenoxy) is 1. The van der Waals surface area contributed by atoms with Gasteiger partial charge in [-0.1, -0.05) is 27.7 Å². The summed E-state index contributed by atoms with van der Waals surface area (Å²) >= 11 is 0. The van der Waals surface area contributed by atoms with Crippen LogP contribution in [-0.2, 0) is 28.8 Å². The van der Waals surface area contributed by atoms with Gasteiger partial charge in [-0.3, -0.25) is 14.4 Å². The molecule has 0 bridgehead atoms. The minimum absolute atomic E-state index is 0.0192. The third-order valence-electron chi connectivity index (χ3n) is 3.44. The van der Waals surface area contributed by atoms with Gasteiger partial charge in [0.25, 0.3) is 11.8 Å². The van der Waals surface area contributed by atoms with Gasteiger partial charge >= 0.3 is 11.9 Å². The largest absolute Gasteiger partial charge is 0.481 e. The van der Waals surface area contributed by atoms with Crippen molar-refractivity contribution in [1.29, 1.82) is 0 Å². The van der Waals surface area contributed by atoms with Crippen LogP contribution < -0.4 is 0 Å². The lowest BCUT2D eigenvalue weighted by atomic mass is 9.89. The number of carbonyl (C=O) groups excluding carboxylic acids is 3. The highest BCUT2D eigenvalue weighted by Gasteiger charge is 2.34. The van der Waals surface area contributed by atoms with Crippen LogP contribution in [0.3, 0.4) is 0 Å². The van der Waals surface area contributed by atoms with E-state index in [2.05, 4.69) is 0 Å². The van der Waals surface area contributed by atoms with E-state index in [-0.39, 0.29) is 38.9 Å². The highest BCUT2D eigenvalue weighted by atomic mass is 16.7. The lowest BCUT2D eigenvalue weighted by Gasteiger charge is -2.27. The van der Waals surface area contributed by atoms with E-state index >= 15 is 0 Å². The number of hydrogen-bond acceptors (Lipinski definition) is 6. The van der Waals surface area contributed by atoms with Gasteiger partial charge in [-0.15, -0.1) is 5.06 Å². The quantitative estimate of drug-likeness (QED) is 0.632. The molecule has 1 rings (SSSR count). The average molecular weight is 343 g/mol. The smallest absolute Gasteiger partial charge is 0.333 e. The summed E-state index contributed by atoms with van der Waals surface area (Å²) in [6.07, 6.45) is 0.0482. The summed E-state index contributed by atoms with van der Waals surface area (Å²) < 4.78 is 5.56. The molecule has 136 valence electrons. The number of carboxylic acid groups (broad SMARTS) is 1. The van der Waals surface area contributed by atoms with Gasteiger partial charge in [-0.25, -0.2) is 4.79 Å². The Kier molecular flexibility index (Phi) is 6.48. The fraction of sp³-hybridized carbons (Fsp3) is 0.750. The maximum atomic E-state index is 11.9. The molecule has 24 heavy (non-hydrogen) atoms. The van der Waals surface area contributed by atoms with Crippen molar-refractivity contribution < 1.29 is 33.9 Å². The maximum absolute atomic E-state index is 11.9. The Bertz CT molecular complexity index is 509. The summed E-state index contributed by atoms with van der Waals surface area (Å²) in [5, 5.41) is 9.35. The first-order chi connectivity index (χ1) is 10.9. The first kappa shape index (κ1) is 20.1. The molecule has 0 atom stereocenters. The van der Waals surface area contributed by atoms with Crippen LogP contribution in [-0.4, -0.2) is 47.1 Å². The Labute approximate surface area is 141 Å². The molecule has 2 amide bonds. The minimum Gasteiger partial charge on any atom is -0.481 e. The lowest BCUT2D eigenvalue weighted by Crippen LogP contribution is -2.35. The molecule has 0 saturated carbocycles. The SMILES string of the molecule is CC(C)(COCC(C)(C)CC(=O)ON1C(=O)CCC1=O)CC(=O)O. The van der Waals surface area contributed by atoms with Crippen molar-refractivity contribution in [3.8, 4) is 0 Å². The van der Waals surface area contributed by atoms with E-state index in [1.54, 1.807) is 27.7 Å². The van der Waals surface area contributed by atoms with Crippen LogP contribution in [0.25, 0.3) is 0 Å². The van der Waals surface area contributed by atoms with E-state index in [1.165, 1.54) is 0 Å². The molecule has 0 aliphatic carbocycles. The Balaban J connectivity index is 2.42. The summed E-state index contributed by atoms with van der Waals surface area (Å²) in [6.45, 7) is 7.59. The van der Waals surface area contributed by atoms with Crippen molar-refractivity contribution >= 4 is 23.8 Å². The van der Waals surface area contributed by atoms with Crippen LogP contribution in [0, 0.1) is 10.8 Å². The van der Waals surface area contributed by atoms with Crippen molar-refractivity contribution in [3.05, 3.63) is 0 Å². The minimum atomic E-state index is -0.897. The molecule has 0 aromatic heterocycles. The zero-order valence-electron chi connectivity index (χ0n) is 14.6. The van der Waals surface area contributed by atoms with Gasteiger partial charge in [0.2, 0.25) is 0 Å². The number of hydrogen-bond donors (Lipinski definition) is 1. The van der Waals surface area contributed by atoms with Crippen LogP contribution in [0.1, 0.15) is 53.4 Å². The highest BCUT2D eigenvalue weighted by molar-refractivity contribution is 6.01. The first-order valence-electron chi connectivity index (χ1n) is 7.78. The Morgan fingerprint density at radius 3 is 1.92 bits per heavy atom. The summed E-state index contributed by atoms with van der Waals surface area (Å²) in [6, 6.07) is 0. The summed E-state index contributed by atoms with van der Waals surface area (Å²) in [5.74, 6) is -2.61. The van der Waals surface area contributed by atoms with Gasteiger partial charge in [0.1, 0.15) is 0 Å². The monoisotopic (exact) mass is 343 g/mol.